The third kappa shape index (κ3) is 6.14. The molecule has 162 valence electrons. The normalized spacial score (nSPS) is 11.2. The van der Waals surface area contributed by atoms with Crippen LogP contribution in [0.3, 0.4) is 0 Å². The molecule has 0 aliphatic carbocycles. The molecular formula is C22H20F3N3O2S. The largest absolute Gasteiger partial charge is 0.416 e. The summed E-state index contributed by atoms with van der Waals surface area (Å²) in [6.45, 7) is 1.81. The van der Waals surface area contributed by atoms with Crippen LogP contribution in [0.4, 0.5) is 18.9 Å². The van der Waals surface area contributed by atoms with Gasteiger partial charge in [0.15, 0.2) is 0 Å². The fraction of sp³-hybridized carbons (Fsp3) is 0.227. The van der Waals surface area contributed by atoms with Gasteiger partial charge in [0.2, 0.25) is 11.8 Å². The zero-order valence-electron chi connectivity index (χ0n) is 16.6. The third-order valence-corrected chi connectivity index (χ3v) is 5.41. The molecule has 0 atom stereocenters. The van der Waals surface area contributed by atoms with Crippen LogP contribution >= 0.6 is 11.3 Å². The Morgan fingerprint density at radius 1 is 1.03 bits per heavy atom. The molecule has 3 aromatic rings. The number of nitrogens with one attached hydrogen (secondary N) is 2. The second kappa shape index (κ2) is 9.74. The van der Waals surface area contributed by atoms with Crippen LogP contribution in [-0.2, 0) is 28.6 Å². The number of halogens is 3. The van der Waals surface area contributed by atoms with Crippen molar-refractivity contribution in [1.29, 1.82) is 0 Å². The lowest BCUT2D eigenvalue weighted by Crippen LogP contribution is -2.34. The van der Waals surface area contributed by atoms with Gasteiger partial charge >= 0.3 is 6.18 Å². The van der Waals surface area contributed by atoms with Crippen molar-refractivity contribution in [3.63, 3.8) is 0 Å². The number of carbonyl (C=O) groups excluding carboxylic acids is 2. The molecule has 1 heterocycles. The van der Waals surface area contributed by atoms with E-state index in [4.69, 9.17) is 0 Å². The summed E-state index contributed by atoms with van der Waals surface area (Å²) in [5, 5.41) is 7.51. The first-order valence-corrected chi connectivity index (χ1v) is 10.4. The van der Waals surface area contributed by atoms with E-state index in [0.29, 0.717) is 22.0 Å². The van der Waals surface area contributed by atoms with Gasteiger partial charge in [-0.25, -0.2) is 4.98 Å². The minimum absolute atomic E-state index is 0.0318. The summed E-state index contributed by atoms with van der Waals surface area (Å²) >= 11 is 1.24. The number of rotatable bonds is 7. The van der Waals surface area contributed by atoms with Crippen molar-refractivity contribution >= 4 is 28.8 Å². The lowest BCUT2D eigenvalue weighted by atomic mass is 10.1. The standard InChI is InChI=1S/C22H20F3N3O2S/c1-2-14-5-3-4-6-18(14)28-20(30)12-26-19(29)11-17-13-31-21(27-17)15-7-9-16(10-8-15)22(23,24)25/h3-10,13H,2,11-12H2,1H3,(H,26,29)(H,28,30). The number of alkyl halides is 3. The first-order valence-electron chi connectivity index (χ1n) is 9.52. The molecule has 2 amide bonds. The van der Waals surface area contributed by atoms with E-state index in [9.17, 15) is 22.8 Å². The SMILES string of the molecule is CCc1ccccc1NC(=O)CNC(=O)Cc1csc(-c2ccc(C(F)(F)F)cc2)n1. The quantitative estimate of drug-likeness (QED) is 0.552. The number of benzene rings is 2. The molecule has 0 radical (unpaired) electrons. The monoisotopic (exact) mass is 447 g/mol. The average molecular weight is 447 g/mol. The fourth-order valence-corrected chi connectivity index (χ4v) is 3.70. The molecular weight excluding hydrogens is 427 g/mol. The van der Waals surface area contributed by atoms with Gasteiger partial charge in [-0.3, -0.25) is 9.59 Å². The Hall–Kier alpha value is -3.20. The predicted octanol–water partition coefficient (Wildman–Crippen LogP) is 4.69. The van der Waals surface area contributed by atoms with Gasteiger partial charge in [-0.1, -0.05) is 37.3 Å². The molecule has 0 saturated heterocycles. The molecule has 31 heavy (non-hydrogen) atoms. The summed E-state index contributed by atoms with van der Waals surface area (Å²) in [6, 6.07) is 12.1. The number of anilines is 1. The second-order valence-corrected chi connectivity index (χ2v) is 7.59. The molecule has 0 unspecified atom stereocenters. The van der Waals surface area contributed by atoms with E-state index in [0.717, 1.165) is 24.1 Å². The molecule has 0 aliphatic heterocycles. The van der Waals surface area contributed by atoms with E-state index >= 15 is 0 Å². The summed E-state index contributed by atoms with van der Waals surface area (Å²) < 4.78 is 38.0. The molecule has 2 aromatic carbocycles. The van der Waals surface area contributed by atoms with Gasteiger partial charge in [0.25, 0.3) is 0 Å². The molecule has 3 rings (SSSR count). The number of hydrogen-bond donors (Lipinski definition) is 2. The van der Waals surface area contributed by atoms with Crippen molar-refractivity contribution in [1.82, 2.24) is 10.3 Å². The van der Waals surface area contributed by atoms with E-state index in [1.807, 2.05) is 25.1 Å². The lowest BCUT2D eigenvalue weighted by molar-refractivity contribution is -0.137. The minimum Gasteiger partial charge on any atom is -0.347 e. The van der Waals surface area contributed by atoms with Crippen molar-refractivity contribution in [3.8, 4) is 10.6 Å². The number of nitrogens with zero attached hydrogens (tertiary/aromatic N) is 1. The molecule has 0 fully saturated rings. The van der Waals surface area contributed by atoms with Crippen molar-refractivity contribution in [3.05, 3.63) is 70.7 Å². The van der Waals surface area contributed by atoms with Crippen LogP contribution in [0, 0.1) is 0 Å². The maximum atomic E-state index is 12.7. The smallest absolute Gasteiger partial charge is 0.347 e. The Morgan fingerprint density at radius 3 is 2.42 bits per heavy atom. The first-order chi connectivity index (χ1) is 14.8. The average Bonchev–Trinajstić information content (AvgIpc) is 3.20. The van der Waals surface area contributed by atoms with Gasteiger partial charge in [0.05, 0.1) is 24.2 Å². The highest BCUT2D eigenvalue weighted by atomic mass is 32.1. The fourth-order valence-electron chi connectivity index (χ4n) is 2.87. The Balaban J connectivity index is 1.52. The van der Waals surface area contributed by atoms with Crippen LogP contribution in [0.25, 0.3) is 10.6 Å². The van der Waals surface area contributed by atoms with Crippen molar-refractivity contribution in [2.45, 2.75) is 25.9 Å². The van der Waals surface area contributed by atoms with Gasteiger partial charge in [0, 0.05) is 16.6 Å². The summed E-state index contributed by atoms with van der Waals surface area (Å²) in [7, 11) is 0. The van der Waals surface area contributed by atoms with E-state index in [2.05, 4.69) is 15.6 Å². The van der Waals surface area contributed by atoms with Gasteiger partial charge in [0.1, 0.15) is 5.01 Å². The number of hydrogen-bond acceptors (Lipinski definition) is 4. The molecule has 5 nitrogen and oxygen atoms in total. The topological polar surface area (TPSA) is 71.1 Å². The van der Waals surface area contributed by atoms with Gasteiger partial charge in [-0.2, -0.15) is 13.2 Å². The molecule has 0 saturated carbocycles. The van der Waals surface area contributed by atoms with Crippen LogP contribution in [0.1, 0.15) is 23.7 Å². The second-order valence-electron chi connectivity index (χ2n) is 6.73. The number of aromatic nitrogens is 1. The zero-order valence-corrected chi connectivity index (χ0v) is 17.4. The minimum atomic E-state index is -4.39. The summed E-state index contributed by atoms with van der Waals surface area (Å²) in [5.41, 5.74) is 2.00. The van der Waals surface area contributed by atoms with Crippen molar-refractivity contribution < 1.29 is 22.8 Å². The lowest BCUT2D eigenvalue weighted by Gasteiger charge is -2.10. The summed E-state index contributed by atoms with van der Waals surface area (Å²) in [4.78, 5) is 28.6. The molecule has 9 heteroatoms. The first kappa shape index (κ1) is 22.5. The van der Waals surface area contributed by atoms with Crippen LogP contribution in [-0.4, -0.2) is 23.3 Å². The van der Waals surface area contributed by atoms with Crippen molar-refractivity contribution in [2.24, 2.45) is 0 Å². The molecule has 0 spiro atoms. The molecule has 2 N–H and O–H groups in total. The summed E-state index contributed by atoms with van der Waals surface area (Å²) in [6.07, 6.45) is -3.65. The van der Waals surface area contributed by atoms with E-state index in [-0.39, 0.29) is 24.8 Å². The van der Waals surface area contributed by atoms with Gasteiger partial charge in [-0.15, -0.1) is 11.3 Å². The van der Waals surface area contributed by atoms with Gasteiger partial charge in [-0.05, 0) is 30.2 Å². The van der Waals surface area contributed by atoms with Crippen LogP contribution < -0.4 is 10.6 Å². The number of amides is 2. The Kier molecular flexibility index (Phi) is 7.06. The molecule has 1 aromatic heterocycles. The van der Waals surface area contributed by atoms with E-state index in [1.165, 1.54) is 23.5 Å². The summed E-state index contributed by atoms with van der Waals surface area (Å²) in [5.74, 6) is -0.707. The van der Waals surface area contributed by atoms with Crippen molar-refractivity contribution in [2.75, 3.05) is 11.9 Å². The number of aryl methyl sites for hydroxylation is 1. The maximum Gasteiger partial charge on any atom is 0.416 e. The highest BCUT2D eigenvalue weighted by Crippen LogP contribution is 2.31. The van der Waals surface area contributed by atoms with E-state index < -0.39 is 11.7 Å². The maximum absolute atomic E-state index is 12.7. The Morgan fingerprint density at radius 2 is 1.74 bits per heavy atom. The van der Waals surface area contributed by atoms with Crippen LogP contribution in [0.15, 0.2) is 53.9 Å². The van der Waals surface area contributed by atoms with E-state index in [1.54, 1.807) is 11.4 Å². The molecule has 0 bridgehead atoms. The molecule has 0 aliphatic rings. The van der Waals surface area contributed by atoms with Gasteiger partial charge < -0.3 is 10.6 Å². The Bertz CT molecular complexity index is 1060. The van der Waals surface area contributed by atoms with Crippen LogP contribution in [0.5, 0.6) is 0 Å². The Labute approximate surface area is 181 Å². The zero-order chi connectivity index (χ0) is 22.4. The highest BCUT2D eigenvalue weighted by molar-refractivity contribution is 7.13. The number of para-hydroxylation sites is 1. The number of thiazole rings is 1. The third-order valence-electron chi connectivity index (χ3n) is 4.47. The predicted molar refractivity (Wildman–Crippen MR) is 114 cm³/mol. The number of carbonyl (C=O) groups is 2. The highest BCUT2D eigenvalue weighted by Gasteiger charge is 2.30. The van der Waals surface area contributed by atoms with Crippen LogP contribution in [0.2, 0.25) is 0 Å².